The maximum absolute atomic E-state index is 14.1. The van der Waals surface area contributed by atoms with Gasteiger partial charge in [-0.25, -0.2) is 9.78 Å². The van der Waals surface area contributed by atoms with Crippen molar-refractivity contribution in [3.05, 3.63) is 58.8 Å². The highest BCUT2D eigenvalue weighted by Crippen LogP contribution is 2.49. The van der Waals surface area contributed by atoms with Gasteiger partial charge in [-0.1, -0.05) is 51.5 Å². The number of hydrogen-bond acceptors (Lipinski definition) is 6. The first-order valence-electron chi connectivity index (χ1n) is 14.6. The van der Waals surface area contributed by atoms with Crippen LogP contribution in [0, 0.1) is 18.3 Å². The Bertz CT molecular complexity index is 1230. The molecule has 1 aliphatic carbocycles. The smallest absolute Gasteiger partial charge is 0.326 e. The Kier molecular flexibility index (Phi) is 8.20. The molecule has 5 atom stereocenters. The number of amides is 1. The maximum Gasteiger partial charge on any atom is 0.326 e. The number of carboxylic acid groups (broad SMARTS) is 1. The number of benzene rings is 1. The molecule has 2 saturated heterocycles. The Balaban J connectivity index is 1.58. The van der Waals surface area contributed by atoms with E-state index in [4.69, 9.17) is 9.47 Å². The summed E-state index contributed by atoms with van der Waals surface area (Å²) in [7, 11) is 1.63. The zero-order chi connectivity index (χ0) is 28.6. The molecule has 8 heteroatoms. The van der Waals surface area contributed by atoms with Crippen molar-refractivity contribution in [3.8, 4) is 5.88 Å². The number of carboxylic acids is 1. The number of aliphatic carboxylic acids is 1. The fourth-order valence-corrected chi connectivity index (χ4v) is 6.93. The Labute approximate surface area is 237 Å². The van der Waals surface area contributed by atoms with E-state index in [1.165, 1.54) is 24.8 Å². The summed E-state index contributed by atoms with van der Waals surface area (Å²) in [5.74, 6) is -0.492. The number of nitrogens with zero attached hydrogens (tertiary/aromatic N) is 2. The van der Waals surface area contributed by atoms with E-state index in [1.807, 2.05) is 37.4 Å². The van der Waals surface area contributed by atoms with E-state index in [0.29, 0.717) is 31.4 Å². The number of aromatic nitrogens is 1. The van der Waals surface area contributed by atoms with Crippen LogP contribution in [0.1, 0.15) is 87.1 Å². The normalized spacial score (nSPS) is 27.0. The van der Waals surface area contributed by atoms with Crippen LogP contribution in [0.3, 0.4) is 0 Å². The van der Waals surface area contributed by atoms with Gasteiger partial charge in [-0.15, -0.1) is 0 Å². The second kappa shape index (κ2) is 11.5. The van der Waals surface area contributed by atoms with Gasteiger partial charge in [0, 0.05) is 36.9 Å². The highest BCUT2D eigenvalue weighted by atomic mass is 16.5. The monoisotopic (exact) mass is 549 g/mol. The summed E-state index contributed by atoms with van der Waals surface area (Å²) in [6.45, 7) is 9.19. The van der Waals surface area contributed by atoms with Crippen LogP contribution in [0.5, 0.6) is 5.88 Å². The first kappa shape index (κ1) is 28.6. The van der Waals surface area contributed by atoms with Gasteiger partial charge in [0.2, 0.25) is 5.88 Å². The van der Waals surface area contributed by atoms with E-state index < -0.39 is 29.6 Å². The molecule has 3 heterocycles. The van der Waals surface area contributed by atoms with E-state index in [9.17, 15) is 14.7 Å². The van der Waals surface area contributed by atoms with E-state index in [2.05, 4.69) is 37.1 Å². The molecule has 1 saturated carbocycles. The van der Waals surface area contributed by atoms with Crippen LogP contribution in [0.15, 0.2) is 36.5 Å². The molecule has 5 rings (SSSR count). The van der Waals surface area contributed by atoms with Gasteiger partial charge < -0.3 is 24.8 Å². The Morgan fingerprint density at radius 3 is 2.50 bits per heavy atom. The number of pyridine rings is 1. The summed E-state index contributed by atoms with van der Waals surface area (Å²) in [5.41, 5.74) is 3.73. The SMILES string of the molecule is COc1ncc(C2CCC2)cc1CN[C@H]1[C@H](C(C)(C)C)[C@@H](C(=O)O)N(C(=O)[C@@H]2CCCO2)[C@H]1c1ccccc1C. The van der Waals surface area contributed by atoms with Crippen LogP contribution < -0.4 is 10.1 Å². The van der Waals surface area contributed by atoms with Crippen LogP contribution in [0.2, 0.25) is 0 Å². The number of aryl methyl sites for hydroxylation is 1. The molecule has 3 aliphatic rings. The fourth-order valence-electron chi connectivity index (χ4n) is 6.93. The van der Waals surface area contributed by atoms with Crippen LogP contribution in [0.25, 0.3) is 0 Å². The lowest BCUT2D eigenvalue weighted by molar-refractivity contribution is -0.156. The lowest BCUT2D eigenvalue weighted by Gasteiger charge is -2.35. The van der Waals surface area contributed by atoms with Gasteiger partial charge >= 0.3 is 5.97 Å². The number of nitrogens with one attached hydrogen (secondary N) is 1. The maximum atomic E-state index is 14.1. The van der Waals surface area contributed by atoms with Crippen molar-refractivity contribution in [2.24, 2.45) is 11.3 Å². The predicted molar refractivity (Wildman–Crippen MR) is 152 cm³/mol. The third kappa shape index (κ3) is 5.36. The molecule has 0 unspecified atom stereocenters. The molecule has 216 valence electrons. The molecule has 1 aromatic heterocycles. The average molecular weight is 550 g/mol. The Morgan fingerprint density at radius 2 is 1.93 bits per heavy atom. The van der Waals surface area contributed by atoms with Crippen molar-refractivity contribution < 1.29 is 24.2 Å². The standard InChI is InChI=1S/C32H43N3O5/c1-19-10-6-7-13-23(19)27-26(33-18-22-16-21(20-11-8-12-20)17-34-29(22)39-5)25(32(2,3)4)28(31(37)38)35(27)30(36)24-14-9-15-40-24/h6-7,10,13,16-17,20,24-28,33H,8-9,11-12,14-15,18H2,1-5H3,(H,37,38)/t24-,25-,26-,27-,28-/m0/s1. The zero-order valence-electron chi connectivity index (χ0n) is 24.4. The van der Waals surface area contributed by atoms with Crippen LogP contribution in [-0.2, 0) is 20.9 Å². The number of hydrogen-bond donors (Lipinski definition) is 2. The van der Waals surface area contributed by atoms with Gasteiger partial charge in [-0.2, -0.15) is 0 Å². The quantitative estimate of drug-likeness (QED) is 0.478. The highest BCUT2D eigenvalue weighted by molar-refractivity contribution is 5.88. The summed E-state index contributed by atoms with van der Waals surface area (Å²) < 4.78 is 11.4. The van der Waals surface area contributed by atoms with Crippen molar-refractivity contribution >= 4 is 11.9 Å². The average Bonchev–Trinajstić information content (AvgIpc) is 3.53. The van der Waals surface area contributed by atoms with E-state index >= 15 is 0 Å². The van der Waals surface area contributed by atoms with E-state index in [0.717, 1.165) is 23.1 Å². The van der Waals surface area contributed by atoms with E-state index in [-0.39, 0.29) is 17.9 Å². The second-order valence-corrected chi connectivity index (χ2v) is 12.7. The minimum absolute atomic E-state index is 0.233. The third-order valence-corrected chi connectivity index (χ3v) is 9.13. The molecular weight excluding hydrogens is 506 g/mol. The van der Waals surface area contributed by atoms with E-state index in [1.54, 1.807) is 12.0 Å². The minimum Gasteiger partial charge on any atom is -0.481 e. The summed E-state index contributed by atoms with van der Waals surface area (Å²) in [6, 6.07) is 8.35. The topological polar surface area (TPSA) is 101 Å². The third-order valence-electron chi connectivity index (χ3n) is 9.13. The molecule has 40 heavy (non-hydrogen) atoms. The molecule has 2 aromatic rings. The first-order valence-corrected chi connectivity index (χ1v) is 14.6. The largest absolute Gasteiger partial charge is 0.481 e. The fraction of sp³-hybridized carbons (Fsp3) is 0.594. The Hall–Kier alpha value is -2.97. The van der Waals surface area contributed by atoms with Crippen molar-refractivity contribution in [2.75, 3.05) is 13.7 Å². The number of ether oxygens (including phenoxy) is 2. The van der Waals surface area contributed by atoms with Gasteiger partial charge in [0.05, 0.1) is 13.2 Å². The summed E-state index contributed by atoms with van der Waals surface area (Å²) in [6.07, 6.45) is 6.29. The molecule has 0 bridgehead atoms. The molecule has 0 radical (unpaired) electrons. The number of likely N-dealkylation sites (tertiary alicyclic amines) is 1. The van der Waals surface area contributed by atoms with Crippen molar-refractivity contribution in [1.29, 1.82) is 0 Å². The van der Waals surface area contributed by atoms with Crippen LogP contribution >= 0.6 is 0 Å². The molecule has 3 fully saturated rings. The molecule has 1 aromatic carbocycles. The van der Waals surface area contributed by atoms with Gasteiger partial charge in [0.1, 0.15) is 12.1 Å². The van der Waals surface area contributed by atoms with Crippen molar-refractivity contribution in [2.45, 2.75) is 96.5 Å². The van der Waals surface area contributed by atoms with Crippen LogP contribution in [0.4, 0.5) is 0 Å². The lowest BCUT2D eigenvalue weighted by Crippen LogP contribution is -2.50. The van der Waals surface area contributed by atoms with Crippen LogP contribution in [-0.4, -0.2) is 58.8 Å². The summed E-state index contributed by atoms with van der Waals surface area (Å²) >= 11 is 0. The van der Waals surface area contributed by atoms with Gasteiger partial charge in [0.15, 0.2) is 0 Å². The molecule has 8 nitrogen and oxygen atoms in total. The second-order valence-electron chi connectivity index (χ2n) is 12.7. The highest BCUT2D eigenvalue weighted by Gasteiger charge is 2.59. The minimum atomic E-state index is -1.000. The zero-order valence-corrected chi connectivity index (χ0v) is 24.4. The summed E-state index contributed by atoms with van der Waals surface area (Å²) in [4.78, 5) is 33.4. The molecule has 2 aliphatic heterocycles. The molecular formula is C32H43N3O5. The van der Waals surface area contributed by atoms with Gasteiger partial charge in [-0.05, 0) is 66.7 Å². The van der Waals surface area contributed by atoms with Gasteiger partial charge in [0.25, 0.3) is 5.91 Å². The van der Waals surface area contributed by atoms with Crippen molar-refractivity contribution in [3.63, 3.8) is 0 Å². The number of methoxy groups -OCH3 is 1. The number of carbonyl (C=O) groups is 2. The van der Waals surface area contributed by atoms with Gasteiger partial charge in [-0.3, -0.25) is 4.79 Å². The number of carbonyl (C=O) groups excluding carboxylic acids is 1. The lowest BCUT2D eigenvalue weighted by atomic mass is 9.72. The Morgan fingerprint density at radius 1 is 1.18 bits per heavy atom. The van der Waals surface area contributed by atoms with Crippen molar-refractivity contribution in [1.82, 2.24) is 15.2 Å². The number of rotatable bonds is 8. The summed E-state index contributed by atoms with van der Waals surface area (Å²) in [5, 5.41) is 14.4. The predicted octanol–water partition coefficient (Wildman–Crippen LogP) is 5.00. The molecule has 1 amide bonds. The molecule has 0 spiro atoms. The molecule has 2 N–H and O–H groups in total. The first-order chi connectivity index (χ1) is 19.1.